The summed E-state index contributed by atoms with van der Waals surface area (Å²) in [6, 6.07) is 0. The van der Waals surface area contributed by atoms with Crippen molar-refractivity contribution < 1.29 is 0 Å². The fourth-order valence-electron chi connectivity index (χ4n) is 0.811. The molecule has 1 heteroatoms. The molecule has 0 unspecified atom stereocenters. The third kappa shape index (κ3) is 3.85. The molecule has 0 aromatic heterocycles. The van der Waals surface area contributed by atoms with E-state index in [1.54, 1.807) is 0 Å². The molecule has 0 aromatic rings. The first-order chi connectivity index (χ1) is 4.93. The highest BCUT2D eigenvalue weighted by Gasteiger charge is 2.20. The van der Waals surface area contributed by atoms with Crippen molar-refractivity contribution in [1.82, 2.24) is 0 Å². The lowest BCUT2D eigenvalue weighted by Gasteiger charge is -1.95. The number of hydrogen-bond donors (Lipinski definition) is 0. The van der Waals surface area contributed by atoms with Crippen molar-refractivity contribution >= 4 is 11.8 Å². The molecule has 0 atom stereocenters. The van der Waals surface area contributed by atoms with Crippen molar-refractivity contribution in [1.29, 1.82) is 0 Å². The Morgan fingerprint density at radius 1 is 1.50 bits per heavy atom. The number of hydrogen-bond acceptors (Lipinski definition) is 1. The number of thioether (sulfide) groups is 1. The molecule has 0 bridgehead atoms. The molecule has 1 saturated carbocycles. The quantitative estimate of drug-likeness (QED) is 0.433. The Bertz CT molecular complexity index is 119. The fourth-order valence-corrected chi connectivity index (χ4v) is 1.99. The van der Waals surface area contributed by atoms with Crippen LogP contribution >= 0.6 is 11.8 Å². The van der Waals surface area contributed by atoms with Crippen molar-refractivity contribution in [2.75, 3.05) is 11.5 Å². The third-order valence-corrected chi connectivity index (χ3v) is 2.94. The van der Waals surface area contributed by atoms with E-state index >= 15 is 0 Å². The van der Waals surface area contributed by atoms with Gasteiger partial charge in [-0.3, -0.25) is 0 Å². The van der Waals surface area contributed by atoms with E-state index in [0.29, 0.717) is 0 Å². The minimum atomic E-state index is 0.956. The maximum Gasteiger partial charge on any atom is 0.00939 e. The summed E-state index contributed by atoms with van der Waals surface area (Å²) < 4.78 is 0. The molecule has 0 aliphatic heterocycles. The molecule has 0 heterocycles. The molecular weight excluding hydrogens is 140 g/mol. The summed E-state index contributed by atoms with van der Waals surface area (Å²) in [5.74, 6) is 6.37. The predicted molar refractivity (Wildman–Crippen MR) is 48.1 cm³/mol. The van der Waals surface area contributed by atoms with Gasteiger partial charge in [0, 0.05) is 6.42 Å². The highest BCUT2D eigenvalue weighted by atomic mass is 32.2. The zero-order valence-electron chi connectivity index (χ0n) is 6.31. The molecular formula is C9H14S. The van der Waals surface area contributed by atoms with E-state index in [9.17, 15) is 0 Å². The van der Waals surface area contributed by atoms with Crippen LogP contribution in [0.3, 0.4) is 0 Å². The molecule has 56 valence electrons. The normalized spacial score (nSPS) is 16.7. The monoisotopic (exact) mass is 154 g/mol. The zero-order valence-corrected chi connectivity index (χ0v) is 7.12. The van der Waals surface area contributed by atoms with Crippen molar-refractivity contribution in [2.45, 2.75) is 25.7 Å². The summed E-state index contributed by atoms with van der Waals surface area (Å²) in [5.41, 5.74) is 0. The SMILES string of the molecule is C#CCCCSCC1CC1. The van der Waals surface area contributed by atoms with Crippen LogP contribution in [0.5, 0.6) is 0 Å². The van der Waals surface area contributed by atoms with Crippen LogP contribution in [0.15, 0.2) is 0 Å². The van der Waals surface area contributed by atoms with Crippen LogP contribution in [0.2, 0.25) is 0 Å². The summed E-state index contributed by atoms with van der Waals surface area (Å²) in [6.07, 6.45) is 10.2. The molecule has 0 N–H and O–H groups in total. The molecule has 1 aliphatic rings. The number of rotatable bonds is 5. The van der Waals surface area contributed by atoms with Gasteiger partial charge in [0.1, 0.15) is 0 Å². The Hall–Kier alpha value is -0.0900. The zero-order chi connectivity index (χ0) is 7.23. The van der Waals surface area contributed by atoms with Gasteiger partial charge in [-0.15, -0.1) is 12.3 Å². The Labute approximate surface area is 67.8 Å². The Morgan fingerprint density at radius 3 is 2.90 bits per heavy atom. The summed E-state index contributed by atoms with van der Waals surface area (Å²) in [5, 5.41) is 0. The average Bonchev–Trinajstić information content (AvgIpc) is 2.71. The van der Waals surface area contributed by atoms with E-state index in [2.05, 4.69) is 17.7 Å². The van der Waals surface area contributed by atoms with Gasteiger partial charge in [0.2, 0.25) is 0 Å². The van der Waals surface area contributed by atoms with E-state index in [4.69, 9.17) is 6.42 Å². The first-order valence-corrected chi connectivity index (χ1v) is 5.10. The second kappa shape index (κ2) is 4.68. The smallest absolute Gasteiger partial charge is 0.00939 e. The topological polar surface area (TPSA) is 0 Å². The van der Waals surface area contributed by atoms with Gasteiger partial charge in [-0.05, 0) is 36.7 Å². The summed E-state index contributed by atoms with van der Waals surface area (Å²) in [7, 11) is 0. The summed E-state index contributed by atoms with van der Waals surface area (Å²) in [6.45, 7) is 0. The highest BCUT2D eigenvalue weighted by molar-refractivity contribution is 7.99. The van der Waals surface area contributed by atoms with Crippen molar-refractivity contribution in [3.63, 3.8) is 0 Å². The van der Waals surface area contributed by atoms with Crippen LogP contribution in [-0.2, 0) is 0 Å². The van der Waals surface area contributed by atoms with Crippen LogP contribution < -0.4 is 0 Å². The van der Waals surface area contributed by atoms with Gasteiger partial charge in [0.15, 0.2) is 0 Å². The standard InChI is InChI=1S/C9H14S/c1-2-3-4-7-10-8-9-5-6-9/h1,9H,3-8H2. The molecule has 0 amide bonds. The number of terminal acetylenes is 1. The summed E-state index contributed by atoms with van der Waals surface area (Å²) in [4.78, 5) is 0. The van der Waals surface area contributed by atoms with Crippen LogP contribution in [0.4, 0.5) is 0 Å². The maximum atomic E-state index is 5.12. The first-order valence-electron chi connectivity index (χ1n) is 3.94. The van der Waals surface area contributed by atoms with Gasteiger partial charge in [0.05, 0.1) is 0 Å². The lowest BCUT2D eigenvalue weighted by molar-refractivity contribution is 0.972. The van der Waals surface area contributed by atoms with Crippen LogP contribution in [0.25, 0.3) is 0 Å². The highest BCUT2D eigenvalue weighted by Crippen LogP contribution is 2.32. The predicted octanol–water partition coefficient (Wildman–Crippen LogP) is 2.54. The molecule has 10 heavy (non-hydrogen) atoms. The first kappa shape index (κ1) is 8.01. The van der Waals surface area contributed by atoms with Gasteiger partial charge in [-0.2, -0.15) is 11.8 Å². The van der Waals surface area contributed by atoms with Crippen LogP contribution in [0, 0.1) is 18.3 Å². The number of unbranched alkanes of at least 4 members (excludes halogenated alkanes) is 1. The van der Waals surface area contributed by atoms with E-state index in [0.717, 1.165) is 12.3 Å². The van der Waals surface area contributed by atoms with E-state index < -0.39 is 0 Å². The van der Waals surface area contributed by atoms with Gasteiger partial charge in [-0.25, -0.2) is 0 Å². The van der Waals surface area contributed by atoms with Crippen molar-refractivity contribution in [2.24, 2.45) is 5.92 Å². The Morgan fingerprint density at radius 2 is 2.30 bits per heavy atom. The van der Waals surface area contributed by atoms with Crippen molar-refractivity contribution in [3.05, 3.63) is 0 Å². The molecule has 0 radical (unpaired) electrons. The Kier molecular flexibility index (Phi) is 3.75. The van der Waals surface area contributed by atoms with Crippen molar-refractivity contribution in [3.8, 4) is 12.3 Å². The molecule has 0 aromatic carbocycles. The molecule has 1 aliphatic carbocycles. The molecule has 0 saturated heterocycles. The molecule has 1 rings (SSSR count). The van der Waals surface area contributed by atoms with Crippen LogP contribution in [-0.4, -0.2) is 11.5 Å². The van der Waals surface area contributed by atoms with Gasteiger partial charge >= 0.3 is 0 Å². The third-order valence-electron chi connectivity index (χ3n) is 1.66. The van der Waals surface area contributed by atoms with Gasteiger partial charge < -0.3 is 0 Å². The Balaban J connectivity index is 1.73. The lowest BCUT2D eigenvalue weighted by atomic mass is 10.4. The van der Waals surface area contributed by atoms with E-state index in [1.807, 2.05) is 0 Å². The molecule has 0 spiro atoms. The second-order valence-corrected chi connectivity index (χ2v) is 3.98. The van der Waals surface area contributed by atoms with Gasteiger partial charge in [0.25, 0.3) is 0 Å². The van der Waals surface area contributed by atoms with E-state index in [-0.39, 0.29) is 0 Å². The summed E-state index contributed by atoms with van der Waals surface area (Å²) >= 11 is 2.07. The molecule has 0 nitrogen and oxygen atoms in total. The fraction of sp³-hybridized carbons (Fsp3) is 0.778. The molecule has 1 fully saturated rings. The lowest BCUT2D eigenvalue weighted by Crippen LogP contribution is -1.84. The minimum absolute atomic E-state index is 0.956. The maximum absolute atomic E-state index is 5.12. The average molecular weight is 154 g/mol. The van der Waals surface area contributed by atoms with Gasteiger partial charge in [-0.1, -0.05) is 0 Å². The van der Waals surface area contributed by atoms with Crippen LogP contribution in [0.1, 0.15) is 25.7 Å². The largest absolute Gasteiger partial charge is 0.162 e. The second-order valence-electron chi connectivity index (χ2n) is 2.83. The minimum Gasteiger partial charge on any atom is -0.162 e. The van der Waals surface area contributed by atoms with E-state index in [1.165, 1.54) is 30.8 Å².